The number of nitrogens with one attached hydrogen (secondary N) is 1. The minimum atomic E-state index is -0.575. The van der Waals surface area contributed by atoms with Crippen molar-refractivity contribution in [2.45, 2.75) is 26.1 Å². The lowest BCUT2D eigenvalue weighted by Crippen LogP contribution is -2.35. The Morgan fingerprint density at radius 3 is 2.70 bits per heavy atom. The molecule has 1 aromatic heterocycles. The minimum absolute atomic E-state index is 0.190. The average molecular weight is 274 g/mol. The smallest absolute Gasteiger partial charge is 0.261 e. The first-order chi connectivity index (χ1) is 9.69. The van der Waals surface area contributed by atoms with Gasteiger partial charge in [0.2, 0.25) is 0 Å². The van der Waals surface area contributed by atoms with Crippen molar-refractivity contribution in [3.8, 4) is 5.75 Å². The molecule has 0 saturated heterocycles. The largest absolute Gasteiger partial charge is 0.481 e. The van der Waals surface area contributed by atoms with Gasteiger partial charge in [-0.25, -0.2) is 0 Å². The number of nitrogens with two attached hydrogens (primary N) is 1. The van der Waals surface area contributed by atoms with Crippen LogP contribution in [-0.2, 0) is 17.9 Å². The lowest BCUT2D eigenvalue weighted by molar-refractivity contribution is -0.127. The number of carbonyl (C=O) groups is 1. The molecule has 1 heterocycles. The Morgan fingerprint density at radius 1 is 1.35 bits per heavy atom. The van der Waals surface area contributed by atoms with E-state index in [4.69, 9.17) is 14.9 Å². The first kappa shape index (κ1) is 14.1. The van der Waals surface area contributed by atoms with E-state index in [0.29, 0.717) is 24.6 Å². The second-order valence-electron chi connectivity index (χ2n) is 4.41. The molecule has 106 valence electrons. The van der Waals surface area contributed by atoms with E-state index in [1.165, 1.54) is 0 Å². The number of carbonyl (C=O) groups excluding carboxylic acids is 1. The average Bonchev–Trinajstić information content (AvgIpc) is 2.98. The van der Waals surface area contributed by atoms with Gasteiger partial charge < -0.3 is 20.2 Å². The number of rotatable bonds is 6. The summed E-state index contributed by atoms with van der Waals surface area (Å²) in [5.41, 5.74) is 6.54. The van der Waals surface area contributed by atoms with E-state index < -0.39 is 6.10 Å². The Bertz CT molecular complexity index is 535. The fraction of sp³-hybridized carbons (Fsp3) is 0.267. The van der Waals surface area contributed by atoms with Gasteiger partial charge in [-0.3, -0.25) is 4.79 Å². The third kappa shape index (κ3) is 3.86. The quantitative estimate of drug-likeness (QED) is 0.842. The van der Waals surface area contributed by atoms with Crippen LogP contribution in [0, 0.1) is 0 Å². The molecule has 1 unspecified atom stereocenters. The third-order valence-electron chi connectivity index (χ3n) is 2.86. The van der Waals surface area contributed by atoms with Crippen LogP contribution in [0.1, 0.15) is 18.2 Å². The van der Waals surface area contributed by atoms with E-state index in [2.05, 4.69) is 5.32 Å². The number of benzene rings is 1. The number of furan rings is 1. The predicted octanol–water partition coefficient (Wildman–Crippen LogP) is 1.82. The van der Waals surface area contributed by atoms with Crippen LogP contribution in [0.15, 0.2) is 47.1 Å². The Hall–Kier alpha value is -2.27. The summed E-state index contributed by atoms with van der Waals surface area (Å²) in [6.07, 6.45) is 0.995. The van der Waals surface area contributed by atoms with Crippen LogP contribution in [0.4, 0.5) is 0 Å². The maximum Gasteiger partial charge on any atom is 0.261 e. The molecule has 20 heavy (non-hydrogen) atoms. The van der Waals surface area contributed by atoms with Gasteiger partial charge in [-0.15, -0.1) is 0 Å². The number of ether oxygens (including phenoxy) is 1. The molecule has 5 nitrogen and oxygen atoms in total. The van der Waals surface area contributed by atoms with Crippen LogP contribution in [0.25, 0.3) is 0 Å². The Balaban J connectivity index is 1.83. The van der Waals surface area contributed by atoms with Crippen molar-refractivity contribution in [3.63, 3.8) is 0 Å². The van der Waals surface area contributed by atoms with Crippen molar-refractivity contribution >= 4 is 5.91 Å². The SMILES string of the molecule is CC(Oc1ccc(CN)cc1)C(=O)NCc1ccco1. The summed E-state index contributed by atoms with van der Waals surface area (Å²) in [6.45, 7) is 2.54. The third-order valence-corrected chi connectivity index (χ3v) is 2.86. The molecule has 0 aliphatic rings. The van der Waals surface area contributed by atoms with Crippen LogP contribution in [-0.4, -0.2) is 12.0 Å². The van der Waals surface area contributed by atoms with Crippen LogP contribution in [0.3, 0.4) is 0 Å². The van der Waals surface area contributed by atoms with Crippen molar-refractivity contribution in [1.82, 2.24) is 5.32 Å². The first-order valence-corrected chi connectivity index (χ1v) is 6.45. The Kier molecular flexibility index (Phi) is 4.79. The zero-order valence-electron chi connectivity index (χ0n) is 11.3. The molecule has 0 aliphatic carbocycles. The molecule has 2 rings (SSSR count). The lowest BCUT2D eigenvalue weighted by Gasteiger charge is -2.14. The maximum absolute atomic E-state index is 11.9. The molecular weight excluding hydrogens is 256 g/mol. The highest BCUT2D eigenvalue weighted by Gasteiger charge is 2.14. The fourth-order valence-electron chi connectivity index (χ4n) is 1.69. The van der Waals surface area contributed by atoms with Gasteiger partial charge in [-0.2, -0.15) is 0 Å². The summed E-state index contributed by atoms with van der Waals surface area (Å²) in [7, 11) is 0. The van der Waals surface area contributed by atoms with Gasteiger partial charge in [-0.05, 0) is 36.8 Å². The van der Waals surface area contributed by atoms with Gasteiger partial charge in [0.15, 0.2) is 6.10 Å². The highest BCUT2D eigenvalue weighted by molar-refractivity contribution is 5.80. The van der Waals surface area contributed by atoms with Crippen LogP contribution < -0.4 is 15.8 Å². The zero-order valence-corrected chi connectivity index (χ0v) is 11.3. The highest BCUT2D eigenvalue weighted by atomic mass is 16.5. The number of hydrogen-bond acceptors (Lipinski definition) is 4. The molecule has 0 fully saturated rings. The Morgan fingerprint density at radius 2 is 2.10 bits per heavy atom. The van der Waals surface area contributed by atoms with Crippen molar-refractivity contribution < 1.29 is 13.9 Å². The fourth-order valence-corrected chi connectivity index (χ4v) is 1.69. The molecule has 0 saturated carbocycles. The van der Waals surface area contributed by atoms with E-state index in [1.54, 1.807) is 37.5 Å². The van der Waals surface area contributed by atoms with Crippen LogP contribution in [0.5, 0.6) is 5.75 Å². The van der Waals surface area contributed by atoms with Crippen molar-refractivity contribution in [1.29, 1.82) is 0 Å². The standard InChI is InChI=1S/C15H18N2O3/c1-11(15(18)17-10-14-3-2-8-19-14)20-13-6-4-12(9-16)5-7-13/h2-8,11H,9-10,16H2,1H3,(H,17,18). The molecule has 0 aliphatic heterocycles. The summed E-state index contributed by atoms with van der Waals surface area (Å²) < 4.78 is 10.7. The van der Waals surface area contributed by atoms with Crippen LogP contribution in [0.2, 0.25) is 0 Å². The van der Waals surface area contributed by atoms with Crippen molar-refractivity contribution in [2.24, 2.45) is 5.73 Å². The summed E-state index contributed by atoms with van der Waals surface area (Å²) in [5, 5.41) is 2.75. The van der Waals surface area contributed by atoms with Gasteiger partial charge >= 0.3 is 0 Å². The second kappa shape index (κ2) is 6.77. The van der Waals surface area contributed by atoms with Gasteiger partial charge in [-0.1, -0.05) is 12.1 Å². The minimum Gasteiger partial charge on any atom is -0.481 e. The molecule has 0 spiro atoms. The molecule has 5 heteroatoms. The van der Waals surface area contributed by atoms with E-state index >= 15 is 0 Å². The van der Waals surface area contributed by atoms with Gasteiger partial charge in [0.25, 0.3) is 5.91 Å². The molecule has 1 aromatic carbocycles. The summed E-state index contributed by atoms with van der Waals surface area (Å²) in [5.74, 6) is 1.16. The van der Waals surface area contributed by atoms with E-state index in [9.17, 15) is 4.79 Å². The second-order valence-corrected chi connectivity index (χ2v) is 4.41. The highest BCUT2D eigenvalue weighted by Crippen LogP contribution is 2.13. The Labute approximate surface area is 117 Å². The molecular formula is C15H18N2O3. The zero-order chi connectivity index (χ0) is 14.4. The summed E-state index contributed by atoms with van der Waals surface area (Å²) in [4.78, 5) is 11.9. The first-order valence-electron chi connectivity index (χ1n) is 6.45. The maximum atomic E-state index is 11.9. The normalized spacial score (nSPS) is 11.9. The predicted molar refractivity (Wildman–Crippen MR) is 75.0 cm³/mol. The monoisotopic (exact) mass is 274 g/mol. The van der Waals surface area contributed by atoms with E-state index in [-0.39, 0.29) is 5.91 Å². The molecule has 2 aromatic rings. The van der Waals surface area contributed by atoms with Gasteiger partial charge in [0, 0.05) is 6.54 Å². The van der Waals surface area contributed by atoms with Crippen LogP contribution >= 0.6 is 0 Å². The lowest BCUT2D eigenvalue weighted by atomic mass is 10.2. The van der Waals surface area contributed by atoms with Crippen molar-refractivity contribution in [2.75, 3.05) is 0 Å². The molecule has 1 amide bonds. The number of hydrogen-bond donors (Lipinski definition) is 2. The summed E-state index contributed by atoms with van der Waals surface area (Å²) in [6, 6.07) is 10.9. The molecule has 0 bridgehead atoms. The topological polar surface area (TPSA) is 77.5 Å². The number of amides is 1. The van der Waals surface area contributed by atoms with Gasteiger partial charge in [0.1, 0.15) is 11.5 Å². The van der Waals surface area contributed by atoms with Crippen molar-refractivity contribution in [3.05, 3.63) is 54.0 Å². The molecule has 1 atom stereocenters. The summed E-state index contributed by atoms with van der Waals surface area (Å²) >= 11 is 0. The molecule has 3 N–H and O–H groups in total. The van der Waals surface area contributed by atoms with Gasteiger partial charge in [0.05, 0.1) is 12.8 Å². The molecule has 0 radical (unpaired) electrons. The van der Waals surface area contributed by atoms with E-state index in [1.807, 2.05) is 12.1 Å². The van der Waals surface area contributed by atoms with E-state index in [0.717, 1.165) is 5.56 Å².